The van der Waals surface area contributed by atoms with Crippen molar-refractivity contribution < 1.29 is 0 Å². The van der Waals surface area contributed by atoms with Gasteiger partial charge in [0.05, 0.1) is 18.5 Å². The molecule has 0 amide bonds. The standard InChI is InChI=1S/C7H14N4.HI/c1-6(4-8)5-10-7(9)11(2)3;/h6H,5H2,1-3H3,(H2,9,10);1H. The van der Waals surface area contributed by atoms with Crippen LogP contribution < -0.4 is 5.73 Å². The molecule has 0 spiro atoms. The van der Waals surface area contributed by atoms with Crippen molar-refractivity contribution in [2.45, 2.75) is 6.92 Å². The van der Waals surface area contributed by atoms with Crippen LogP contribution in [0, 0.1) is 17.2 Å². The minimum atomic E-state index is -0.0616. The Bertz CT molecular complexity index is 182. The van der Waals surface area contributed by atoms with Crippen molar-refractivity contribution in [2.24, 2.45) is 16.6 Å². The molecular formula is C7H15IN4. The largest absolute Gasteiger partial charge is 0.370 e. The quantitative estimate of drug-likeness (QED) is 0.459. The van der Waals surface area contributed by atoms with Crippen LogP contribution in [0.25, 0.3) is 0 Å². The summed E-state index contributed by atoms with van der Waals surface area (Å²) in [6.07, 6.45) is 0. The summed E-state index contributed by atoms with van der Waals surface area (Å²) in [7, 11) is 3.63. The number of nitriles is 1. The molecule has 0 rings (SSSR count). The van der Waals surface area contributed by atoms with Gasteiger partial charge < -0.3 is 10.6 Å². The molecule has 0 aromatic rings. The van der Waals surface area contributed by atoms with Crippen LogP contribution in [0.3, 0.4) is 0 Å². The third-order valence-corrected chi connectivity index (χ3v) is 1.21. The first-order valence-electron chi connectivity index (χ1n) is 3.44. The zero-order chi connectivity index (χ0) is 8.85. The molecule has 0 aliphatic heterocycles. The van der Waals surface area contributed by atoms with Crippen LogP contribution >= 0.6 is 24.0 Å². The van der Waals surface area contributed by atoms with E-state index in [2.05, 4.69) is 11.1 Å². The summed E-state index contributed by atoms with van der Waals surface area (Å²) < 4.78 is 0. The van der Waals surface area contributed by atoms with E-state index in [4.69, 9.17) is 11.0 Å². The Labute approximate surface area is 90.5 Å². The van der Waals surface area contributed by atoms with E-state index in [9.17, 15) is 0 Å². The van der Waals surface area contributed by atoms with Crippen molar-refractivity contribution in [3.05, 3.63) is 0 Å². The second-order valence-electron chi connectivity index (χ2n) is 2.62. The van der Waals surface area contributed by atoms with Crippen LogP contribution in [0.4, 0.5) is 0 Å². The van der Waals surface area contributed by atoms with Gasteiger partial charge >= 0.3 is 0 Å². The first-order valence-corrected chi connectivity index (χ1v) is 3.44. The summed E-state index contributed by atoms with van der Waals surface area (Å²) in [4.78, 5) is 5.70. The number of hydrogen-bond donors (Lipinski definition) is 1. The summed E-state index contributed by atoms with van der Waals surface area (Å²) in [5, 5.41) is 8.41. The van der Waals surface area contributed by atoms with Crippen LogP contribution in [0.1, 0.15) is 6.92 Å². The van der Waals surface area contributed by atoms with Gasteiger partial charge in [-0.2, -0.15) is 5.26 Å². The van der Waals surface area contributed by atoms with Gasteiger partial charge in [0.2, 0.25) is 0 Å². The first kappa shape index (κ1) is 14.0. The van der Waals surface area contributed by atoms with Crippen LogP contribution in [0.15, 0.2) is 4.99 Å². The predicted octanol–water partition coefficient (Wildman–Crippen LogP) is 0.640. The monoisotopic (exact) mass is 282 g/mol. The fourth-order valence-electron chi connectivity index (χ4n) is 0.413. The summed E-state index contributed by atoms with van der Waals surface area (Å²) in [6.45, 7) is 2.28. The molecule has 0 aromatic heterocycles. The van der Waals surface area contributed by atoms with E-state index in [0.29, 0.717) is 12.5 Å². The van der Waals surface area contributed by atoms with Crippen LogP contribution in [-0.4, -0.2) is 31.5 Å². The van der Waals surface area contributed by atoms with Crippen molar-refractivity contribution in [2.75, 3.05) is 20.6 Å². The lowest BCUT2D eigenvalue weighted by molar-refractivity contribution is 0.603. The highest BCUT2D eigenvalue weighted by Gasteiger charge is 1.98. The van der Waals surface area contributed by atoms with E-state index in [1.807, 2.05) is 21.0 Å². The number of aliphatic imine (C=N–C) groups is 1. The zero-order valence-corrected chi connectivity index (χ0v) is 9.94. The highest BCUT2D eigenvalue weighted by Crippen LogP contribution is 1.91. The maximum Gasteiger partial charge on any atom is 0.190 e. The number of nitrogens with two attached hydrogens (primary N) is 1. The highest BCUT2D eigenvalue weighted by atomic mass is 127. The molecule has 5 heteroatoms. The Balaban J connectivity index is 0. The van der Waals surface area contributed by atoms with Gasteiger partial charge in [-0.3, -0.25) is 4.99 Å². The predicted molar refractivity (Wildman–Crippen MR) is 60.4 cm³/mol. The maximum atomic E-state index is 8.41. The van der Waals surface area contributed by atoms with Crippen molar-refractivity contribution in [3.63, 3.8) is 0 Å². The van der Waals surface area contributed by atoms with E-state index in [1.54, 1.807) is 4.90 Å². The minimum absolute atomic E-state index is 0. The average Bonchev–Trinajstić information content (AvgIpc) is 1.99. The Kier molecular flexibility index (Phi) is 8.37. The topological polar surface area (TPSA) is 65.4 Å². The molecule has 2 N–H and O–H groups in total. The molecule has 0 saturated heterocycles. The SMILES string of the molecule is CC(C#N)CN=C(N)N(C)C.I. The number of halogens is 1. The van der Waals surface area contributed by atoms with Crippen LogP contribution in [0.5, 0.6) is 0 Å². The van der Waals surface area contributed by atoms with Gasteiger partial charge in [0, 0.05) is 14.1 Å². The van der Waals surface area contributed by atoms with Gasteiger partial charge in [-0.15, -0.1) is 24.0 Å². The Morgan fingerprint density at radius 3 is 2.50 bits per heavy atom. The summed E-state index contributed by atoms with van der Waals surface area (Å²) in [5.41, 5.74) is 5.49. The van der Waals surface area contributed by atoms with Crippen molar-refractivity contribution >= 4 is 29.9 Å². The summed E-state index contributed by atoms with van der Waals surface area (Å²) in [6, 6.07) is 2.08. The smallest absolute Gasteiger partial charge is 0.190 e. The molecule has 0 saturated carbocycles. The molecule has 12 heavy (non-hydrogen) atoms. The zero-order valence-electron chi connectivity index (χ0n) is 7.61. The van der Waals surface area contributed by atoms with E-state index in [-0.39, 0.29) is 29.9 Å². The van der Waals surface area contributed by atoms with Crippen LogP contribution in [0.2, 0.25) is 0 Å². The van der Waals surface area contributed by atoms with Gasteiger partial charge in [-0.25, -0.2) is 0 Å². The van der Waals surface area contributed by atoms with Crippen molar-refractivity contribution in [3.8, 4) is 6.07 Å². The number of nitrogens with zero attached hydrogens (tertiary/aromatic N) is 3. The van der Waals surface area contributed by atoms with Gasteiger partial charge in [0.1, 0.15) is 0 Å². The Hall–Kier alpha value is -0.510. The molecule has 1 unspecified atom stereocenters. The highest BCUT2D eigenvalue weighted by molar-refractivity contribution is 14.0. The fourth-order valence-corrected chi connectivity index (χ4v) is 0.413. The summed E-state index contributed by atoms with van der Waals surface area (Å²) in [5.74, 6) is 0.403. The molecule has 0 aromatic carbocycles. The van der Waals surface area contributed by atoms with E-state index in [0.717, 1.165) is 0 Å². The van der Waals surface area contributed by atoms with E-state index >= 15 is 0 Å². The Morgan fingerprint density at radius 1 is 1.67 bits per heavy atom. The average molecular weight is 282 g/mol. The second-order valence-corrected chi connectivity index (χ2v) is 2.62. The van der Waals surface area contributed by atoms with Gasteiger partial charge in [0.25, 0.3) is 0 Å². The van der Waals surface area contributed by atoms with Gasteiger partial charge in [-0.05, 0) is 6.92 Å². The minimum Gasteiger partial charge on any atom is -0.370 e. The molecule has 0 aliphatic rings. The second kappa shape index (κ2) is 7.16. The van der Waals surface area contributed by atoms with Crippen molar-refractivity contribution in [1.82, 2.24) is 4.90 Å². The third-order valence-electron chi connectivity index (χ3n) is 1.21. The lowest BCUT2D eigenvalue weighted by Crippen LogP contribution is -2.30. The molecule has 1 atom stereocenters. The van der Waals surface area contributed by atoms with Gasteiger partial charge in [0.15, 0.2) is 5.96 Å². The molecule has 70 valence electrons. The Morgan fingerprint density at radius 2 is 2.17 bits per heavy atom. The molecule has 0 fully saturated rings. The third kappa shape index (κ3) is 6.22. The van der Waals surface area contributed by atoms with Crippen molar-refractivity contribution in [1.29, 1.82) is 5.26 Å². The summed E-state index contributed by atoms with van der Waals surface area (Å²) >= 11 is 0. The number of guanidine groups is 1. The molecule has 0 heterocycles. The molecule has 4 nitrogen and oxygen atoms in total. The maximum absolute atomic E-state index is 8.41. The number of rotatable bonds is 2. The molecular weight excluding hydrogens is 267 g/mol. The fraction of sp³-hybridized carbons (Fsp3) is 0.714. The van der Waals surface area contributed by atoms with Gasteiger partial charge in [-0.1, -0.05) is 0 Å². The lowest BCUT2D eigenvalue weighted by atomic mass is 10.2. The molecule has 0 bridgehead atoms. The number of hydrogen-bond acceptors (Lipinski definition) is 2. The van der Waals surface area contributed by atoms with Crippen LogP contribution in [-0.2, 0) is 0 Å². The van der Waals surface area contributed by atoms with E-state index in [1.165, 1.54) is 0 Å². The normalized spacial score (nSPS) is 12.7. The molecule has 0 aliphatic carbocycles. The first-order chi connectivity index (χ1) is 5.07. The van der Waals surface area contributed by atoms with E-state index < -0.39 is 0 Å². The lowest BCUT2D eigenvalue weighted by Gasteiger charge is -2.10. The molecule has 0 radical (unpaired) electrons.